The summed E-state index contributed by atoms with van der Waals surface area (Å²) in [6.07, 6.45) is 0.217. The number of benzene rings is 1. The van der Waals surface area contributed by atoms with Gasteiger partial charge in [-0.15, -0.1) is 11.3 Å². The maximum atomic E-state index is 12.7. The molecular weight excluding hydrogens is 354 g/mol. The van der Waals surface area contributed by atoms with Gasteiger partial charge < -0.3 is 19.3 Å². The number of carbonyl (C=O) groups excluding carboxylic acids is 2. The van der Waals surface area contributed by atoms with Crippen LogP contribution in [0.25, 0.3) is 0 Å². The zero-order valence-electron chi connectivity index (χ0n) is 14.4. The van der Waals surface area contributed by atoms with Gasteiger partial charge in [-0.2, -0.15) is 0 Å². The average Bonchev–Trinajstić information content (AvgIpc) is 3.30. The molecule has 1 atom stereocenters. The Labute approximate surface area is 155 Å². The third-order valence-electron chi connectivity index (χ3n) is 4.57. The van der Waals surface area contributed by atoms with Gasteiger partial charge in [-0.25, -0.2) is 4.98 Å². The molecular formula is C18H19N3O4S. The van der Waals surface area contributed by atoms with Crippen LogP contribution in [-0.4, -0.2) is 48.5 Å². The van der Waals surface area contributed by atoms with Gasteiger partial charge >= 0.3 is 0 Å². The molecule has 2 aliphatic rings. The van der Waals surface area contributed by atoms with Crippen molar-refractivity contribution in [3.05, 3.63) is 34.8 Å². The van der Waals surface area contributed by atoms with E-state index in [0.29, 0.717) is 37.8 Å². The molecule has 0 saturated carbocycles. The molecule has 0 unspecified atom stereocenters. The van der Waals surface area contributed by atoms with Gasteiger partial charge in [0, 0.05) is 37.1 Å². The van der Waals surface area contributed by atoms with Crippen molar-refractivity contribution in [3.63, 3.8) is 0 Å². The number of nitrogens with zero attached hydrogens (tertiary/aromatic N) is 3. The van der Waals surface area contributed by atoms with Gasteiger partial charge in [0.05, 0.1) is 23.7 Å². The Morgan fingerprint density at radius 2 is 2.15 bits per heavy atom. The molecule has 8 heteroatoms. The minimum atomic E-state index is -0.348. The highest BCUT2D eigenvalue weighted by Crippen LogP contribution is 2.36. The normalized spacial score (nSPS) is 18.9. The summed E-state index contributed by atoms with van der Waals surface area (Å²) in [7, 11) is 1.75. The lowest BCUT2D eigenvalue weighted by atomic mass is 10.1. The molecule has 1 saturated heterocycles. The second-order valence-corrected chi connectivity index (χ2v) is 7.13. The van der Waals surface area contributed by atoms with Crippen molar-refractivity contribution >= 4 is 28.8 Å². The summed E-state index contributed by atoms with van der Waals surface area (Å²) in [5, 5.41) is 1.92. The predicted octanol–water partition coefficient (Wildman–Crippen LogP) is 1.93. The smallest absolute Gasteiger partial charge is 0.228 e. The third-order valence-corrected chi connectivity index (χ3v) is 5.21. The number of thiazole rings is 1. The van der Waals surface area contributed by atoms with Crippen molar-refractivity contribution in [2.45, 2.75) is 13.0 Å². The van der Waals surface area contributed by atoms with Crippen LogP contribution in [0.4, 0.5) is 5.69 Å². The van der Waals surface area contributed by atoms with Gasteiger partial charge in [0.15, 0.2) is 11.5 Å². The first-order chi connectivity index (χ1) is 12.6. The minimum Gasteiger partial charge on any atom is -0.486 e. The number of fused-ring (bicyclic) bond motifs is 1. The van der Waals surface area contributed by atoms with Crippen LogP contribution in [-0.2, 0) is 16.1 Å². The van der Waals surface area contributed by atoms with Crippen LogP contribution in [0.2, 0.25) is 0 Å². The number of aromatic nitrogens is 1. The summed E-state index contributed by atoms with van der Waals surface area (Å²) >= 11 is 1.50. The fourth-order valence-corrected chi connectivity index (χ4v) is 3.82. The van der Waals surface area contributed by atoms with E-state index in [1.54, 1.807) is 34.5 Å². The maximum Gasteiger partial charge on any atom is 0.228 e. The molecule has 0 spiro atoms. The molecule has 0 radical (unpaired) electrons. The first kappa shape index (κ1) is 16.8. The molecule has 0 N–H and O–H groups in total. The largest absolute Gasteiger partial charge is 0.486 e. The summed E-state index contributed by atoms with van der Waals surface area (Å²) < 4.78 is 11.1. The van der Waals surface area contributed by atoms with E-state index in [9.17, 15) is 9.59 Å². The molecule has 1 aromatic heterocycles. The van der Waals surface area contributed by atoms with Crippen molar-refractivity contribution in [2.24, 2.45) is 5.92 Å². The quantitative estimate of drug-likeness (QED) is 0.819. The monoisotopic (exact) mass is 373 g/mol. The zero-order valence-corrected chi connectivity index (χ0v) is 15.2. The van der Waals surface area contributed by atoms with Crippen LogP contribution < -0.4 is 14.4 Å². The van der Waals surface area contributed by atoms with Crippen LogP contribution >= 0.6 is 11.3 Å². The van der Waals surface area contributed by atoms with E-state index < -0.39 is 0 Å². The van der Waals surface area contributed by atoms with Gasteiger partial charge in [0.25, 0.3) is 0 Å². The molecule has 3 heterocycles. The minimum absolute atomic E-state index is 0.0357. The summed E-state index contributed by atoms with van der Waals surface area (Å²) in [5.41, 5.74) is 3.34. The van der Waals surface area contributed by atoms with Gasteiger partial charge in [0.2, 0.25) is 11.8 Å². The van der Waals surface area contributed by atoms with Crippen molar-refractivity contribution in [2.75, 3.05) is 31.7 Å². The third kappa shape index (κ3) is 3.24. The van der Waals surface area contributed by atoms with E-state index in [4.69, 9.17) is 9.47 Å². The van der Waals surface area contributed by atoms with Gasteiger partial charge in [0.1, 0.15) is 13.2 Å². The van der Waals surface area contributed by atoms with E-state index in [-0.39, 0.29) is 24.2 Å². The number of anilines is 1. The van der Waals surface area contributed by atoms with E-state index in [2.05, 4.69) is 4.98 Å². The topological polar surface area (TPSA) is 72.0 Å². The van der Waals surface area contributed by atoms with Crippen LogP contribution in [0.1, 0.15) is 12.1 Å². The van der Waals surface area contributed by atoms with Gasteiger partial charge in [-0.3, -0.25) is 9.59 Å². The second kappa shape index (κ2) is 6.95. The number of amides is 2. The number of hydrogen-bond donors (Lipinski definition) is 0. The molecule has 7 nitrogen and oxygen atoms in total. The van der Waals surface area contributed by atoms with E-state index >= 15 is 0 Å². The molecule has 1 aromatic carbocycles. The van der Waals surface area contributed by atoms with Crippen molar-refractivity contribution in [1.82, 2.24) is 9.88 Å². The van der Waals surface area contributed by atoms with E-state index in [0.717, 1.165) is 11.4 Å². The SMILES string of the molecule is CN(Cc1cscn1)C(=O)[C@@H]1CC(=O)N(c2ccc3c(c2)OCCO3)C1. The van der Waals surface area contributed by atoms with Gasteiger partial charge in [-0.05, 0) is 12.1 Å². The van der Waals surface area contributed by atoms with Gasteiger partial charge in [-0.1, -0.05) is 0 Å². The van der Waals surface area contributed by atoms with Crippen molar-refractivity contribution in [3.8, 4) is 11.5 Å². The van der Waals surface area contributed by atoms with Crippen LogP contribution in [0.3, 0.4) is 0 Å². The molecule has 0 aliphatic carbocycles. The Morgan fingerprint density at radius 3 is 2.92 bits per heavy atom. The highest BCUT2D eigenvalue weighted by atomic mass is 32.1. The fraction of sp³-hybridized carbons (Fsp3) is 0.389. The molecule has 1 fully saturated rings. The Balaban J connectivity index is 1.45. The molecule has 2 aliphatic heterocycles. The summed E-state index contributed by atoms with van der Waals surface area (Å²) in [6.45, 7) is 1.85. The number of ether oxygens (including phenoxy) is 2. The molecule has 2 amide bonds. The Bertz CT molecular complexity index is 824. The van der Waals surface area contributed by atoms with E-state index in [1.165, 1.54) is 11.3 Å². The van der Waals surface area contributed by atoms with Crippen molar-refractivity contribution < 1.29 is 19.1 Å². The highest BCUT2D eigenvalue weighted by Gasteiger charge is 2.37. The lowest BCUT2D eigenvalue weighted by Gasteiger charge is -2.23. The average molecular weight is 373 g/mol. The highest BCUT2D eigenvalue weighted by molar-refractivity contribution is 7.07. The number of rotatable bonds is 4. The summed E-state index contributed by atoms with van der Waals surface area (Å²) in [5.74, 6) is 0.882. The summed E-state index contributed by atoms with van der Waals surface area (Å²) in [4.78, 5) is 32.7. The Kier molecular flexibility index (Phi) is 4.50. The maximum absolute atomic E-state index is 12.7. The van der Waals surface area contributed by atoms with Crippen LogP contribution in [0.5, 0.6) is 11.5 Å². The van der Waals surface area contributed by atoms with Crippen molar-refractivity contribution in [1.29, 1.82) is 0 Å². The van der Waals surface area contributed by atoms with Crippen LogP contribution in [0, 0.1) is 5.92 Å². The van der Waals surface area contributed by atoms with Crippen LogP contribution in [0.15, 0.2) is 29.1 Å². The predicted molar refractivity (Wildman–Crippen MR) is 96.5 cm³/mol. The Morgan fingerprint density at radius 1 is 1.35 bits per heavy atom. The molecule has 4 rings (SSSR count). The molecule has 26 heavy (non-hydrogen) atoms. The number of hydrogen-bond acceptors (Lipinski definition) is 6. The molecule has 2 aromatic rings. The molecule has 0 bridgehead atoms. The lowest BCUT2D eigenvalue weighted by Crippen LogP contribution is -2.34. The lowest BCUT2D eigenvalue weighted by molar-refractivity contribution is -0.135. The Hall–Kier alpha value is -2.61. The zero-order chi connectivity index (χ0) is 18.1. The first-order valence-electron chi connectivity index (χ1n) is 8.44. The molecule has 136 valence electrons. The first-order valence-corrected chi connectivity index (χ1v) is 9.38. The second-order valence-electron chi connectivity index (χ2n) is 6.41. The standard InChI is InChI=1S/C18H19N3O4S/c1-20(9-13-10-26-11-19-13)18(23)12-6-17(22)21(8-12)14-2-3-15-16(7-14)25-5-4-24-15/h2-3,7,10-12H,4-6,8-9H2,1H3/t12-/m1/s1. The summed E-state index contributed by atoms with van der Waals surface area (Å²) in [6, 6.07) is 5.44. The number of carbonyl (C=O) groups is 2. The van der Waals surface area contributed by atoms with E-state index in [1.807, 2.05) is 11.4 Å². The fourth-order valence-electron chi connectivity index (χ4n) is 3.27.